The Morgan fingerprint density at radius 2 is 1.66 bits per heavy atom. The number of rotatable bonds is 17. The van der Waals surface area contributed by atoms with Crippen LogP contribution in [0.25, 0.3) is 31.8 Å². The van der Waals surface area contributed by atoms with Gasteiger partial charge in [-0.2, -0.15) is 0 Å². The topological polar surface area (TPSA) is 216 Å². The molecule has 1 fully saturated rings. The maximum absolute atomic E-state index is 14.2. The van der Waals surface area contributed by atoms with E-state index in [-0.39, 0.29) is 55.5 Å². The first-order chi connectivity index (χ1) is 36.4. The van der Waals surface area contributed by atoms with Gasteiger partial charge in [0.25, 0.3) is 5.91 Å². The highest BCUT2D eigenvalue weighted by atomic mass is 32.1. The van der Waals surface area contributed by atoms with Crippen LogP contribution in [0.3, 0.4) is 0 Å². The predicted octanol–water partition coefficient (Wildman–Crippen LogP) is 9.53. The van der Waals surface area contributed by atoms with Gasteiger partial charge >= 0.3 is 5.97 Å². The number of unbranched alkanes of at least 4 members (excludes halogenated alkanes) is 1. The van der Waals surface area contributed by atoms with E-state index in [1.165, 1.54) is 16.2 Å². The third kappa shape index (κ3) is 11.8. The molecule has 7 aromatic rings. The number of amides is 4. The molecule has 0 spiro atoms. The SMILES string of the molecule is Cc1ncsc1-c1ccc([C@H](C)NC(=O)[C@@H]2C[C@@H](O)CN2C(=O)[C@@H](NC(=O)CCCCOc2cccc(-c3ccc(N4CCc5cccc(C(=O)Nc6nc7ccccc7s6)c5C4)nc3C(=O)O)c2C)C(C)(C)C)cc1. The number of hydrogen-bond acceptors (Lipinski definition) is 13. The normalized spacial score (nSPS) is 16.2. The number of aryl methyl sites for hydroxylation is 1. The zero-order valence-electron chi connectivity index (χ0n) is 43.4. The Balaban J connectivity index is 0.786. The van der Waals surface area contributed by atoms with Crippen molar-refractivity contribution in [3.8, 4) is 27.3 Å². The summed E-state index contributed by atoms with van der Waals surface area (Å²) in [6.07, 6.45) is 0.915. The third-order valence-corrected chi connectivity index (χ3v) is 16.1. The molecule has 1 saturated heterocycles. The second-order valence-corrected chi connectivity index (χ2v) is 22.4. The number of carboxylic acids is 1. The van der Waals surface area contributed by atoms with Crippen molar-refractivity contribution in [3.63, 3.8) is 0 Å². The van der Waals surface area contributed by atoms with Crippen molar-refractivity contribution in [2.45, 2.75) is 104 Å². The summed E-state index contributed by atoms with van der Waals surface area (Å²) in [6, 6.07) is 28.1. The molecule has 3 aromatic heterocycles. The lowest BCUT2D eigenvalue weighted by molar-refractivity contribution is -0.144. The first-order valence-corrected chi connectivity index (χ1v) is 27.2. The van der Waals surface area contributed by atoms with Crippen LogP contribution in [0.5, 0.6) is 5.75 Å². The molecule has 0 unspecified atom stereocenters. The Morgan fingerprint density at radius 3 is 2.39 bits per heavy atom. The summed E-state index contributed by atoms with van der Waals surface area (Å²) >= 11 is 2.98. The Hall–Kier alpha value is -7.54. The van der Waals surface area contributed by atoms with Crippen LogP contribution in [0.4, 0.5) is 10.9 Å². The fourth-order valence-electron chi connectivity index (χ4n) is 9.97. The van der Waals surface area contributed by atoms with E-state index in [0.29, 0.717) is 65.7 Å². The minimum atomic E-state index is -1.18. The molecule has 16 nitrogen and oxygen atoms in total. The molecule has 0 radical (unpaired) electrons. The van der Waals surface area contributed by atoms with Gasteiger partial charge in [-0.25, -0.2) is 19.7 Å². The lowest BCUT2D eigenvalue weighted by Crippen LogP contribution is -2.57. The van der Waals surface area contributed by atoms with Crippen LogP contribution < -0.4 is 25.6 Å². The number of nitrogens with zero attached hydrogens (tertiary/aromatic N) is 5. The maximum atomic E-state index is 14.2. The van der Waals surface area contributed by atoms with Crippen molar-refractivity contribution in [3.05, 3.63) is 142 Å². The maximum Gasteiger partial charge on any atom is 0.355 e. The zero-order chi connectivity index (χ0) is 53.8. The molecule has 18 heteroatoms. The molecule has 9 rings (SSSR count). The van der Waals surface area contributed by atoms with Crippen molar-refractivity contribution in [1.29, 1.82) is 0 Å². The average molecular weight is 1060 g/mol. The van der Waals surface area contributed by atoms with E-state index in [1.807, 2.05) is 131 Å². The van der Waals surface area contributed by atoms with Gasteiger partial charge in [0, 0.05) is 43.6 Å². The van der Waals surface area contributed by atoms with Gasteiger partial charge in [-0.15, -0.1) is 11.3 Å². The van der Waals surface area contributed by atoms with Crippen LogP contribution in [0, 0.1) is 19.3 Å². The molecule has 4 atom stereocenters. The van der Waals surface area contributed by atoms with Gasteiger partial charge in [0.2, 0.25) is 17.7 Å². The van der Waals surface area contributed by atoms with Gasteiger partial charge in [-0.3, -0.25) is 24.5 Å². The summed E-state index contributed by atoms with van der Waals surface area (Å²) in [6.45, 7) is 12.4. The van der Waals surface area contributed by atoms with Crippen LogP contribution in [0.2, 0.25) is 0 Å². The number of pyridine rings is 1. The van der Waals surface area contributed by atoms with Crippen molar-refractivity contribution >= 4 is 73.4 Å². The highest BCUT2D eigenvalue weighted by Gasteiger charge is 2.45. The number of carbonyl (C=O) groups excluding carboxylic acids is 4. The summed E-state index contributed by atoms with van der Waals surface area (Å²) in [7, 11) is 0. The second kappa shape index (κ2) is 22.7. The van der Waals surface area contributed by atoms with E-state index in [1.54, 1.807) is 29.5 Å². The number of aromatic carboxylic acids is 1. The van der Waals surface area contributed by atoms with E-state index in [2.05, 4.69) is 30.9 Å². The monoisotopic (exact) mass is 1060 g/mol. The van der Waals surface area contributed by atoms with E-state index in [9.17, 15) is 34.2 Å². The smallest absolute Gasteiger partial charge is 0.355 e. The van der Waals surface area contributed by atoms with E-state index in [0.717, 1.165) is 48.6 Å². The molecule has 0 bridgehead atoms. The summed E-state index contributed by atoms with van der Waals surface area (Å²) in [4.78, 5) is 86.1. The predicted molar refractivity (Wildman–Crippen MR) is 296 cm³/mol. The van der Waals surface area contributed by atoms with Gasteiger partial charge in [0.1, 0.15) is 23.7 Å². The summed E-state index contributed by atoms with van der Waals surface area (Å²) in [5.74, 6) is -1.54. The molecule has 0 aliphatic carbocycles. The number of fused-ring (bicyclic) bond motifs is 2. The third-order valence-electron chi connectivity index (χ3n) is 14.1. The minimum Gasteiger partial charge on any atom is -0.493 e. The summed E-state index contributed by atoms with van der Waals surface area (Å²) in [5, 5.41) is 30.7. The number of nitrogens with one attached hydrogen (secondary N) is 3. The molecular formula is C58H62N8O8S2. The van der Waals surface area contributed by atoms with Crippen molar-refractivity contribution in [2.75, 3.05) is 29.9 Å². The van der Waals surface area contributed by atoms with Gasteiger partial charge in [0.15, 0.2) is 10.8 Å². The van der Waals surface area contributed by atoms with Gasteiger partial charge in [-0.1, -0.05) is 92.8 Å². The van der Waals surface area contributed by atoms with Crippen molar-refractivity contribution in [2.24, 2.45) is 5.41 Å². The molecule has 76 heavy (non-hydrogen) atoms. The van der Waals surface area contributed by atoms with Crippen LogP contribution in [-0.4, -0.2) is 97.5 Å². The second-order valence-electron chi connectivity index (χ2n) is 20.5. The number of benzene rings is 4. The number of β-amino-alcohol motifs (C(OH)–C–C–N with tert-alkyl or cyclic N) is 1. The average Bonchev–Trinajstić information content (AvgIpc) is 4.15. The van der Waals surface area contributed by atoms with E-state index < -0.39 is 35.5 Å². The first kappa shape index (κ1) is 53.3. The molecule has 4 amide bonds. The van der Waals surface area contributed by atoms with Gasteiger partial charge in [0.05, 0.1) is 45.1 Å². The number of aliphatic hydroxyl groups excluding tert-OH is 1. The van der Waals surface area contributed by atoms with Crippen LogP contribution in [0.15, 0.2) is 103 Å². The molecule has 394 valence electrons. The Bertz CT molecular complexity index is 3280. The van der Waals surface area contributed by atoms with E-state index >= 15 is 0 Å². The lowest BCUT2D eigenvalue weighted by Gasteiger charge is -2.35. The Morgan fingerprint density at radius 1 is 0.882 bits per heavy atom. The molecule has 0 saturated carbocycles. The van der Waals surface area contributed by atoms with E-state index in [4.69, 9.17) is 4.74 Å². The first-order valence-electron chi connectivity index (χ1n) is 25.5. The highest BCUT2D eigenvalue weighted by molar-refractivity contribution is 7.22. The lowest BCUT2D eigenvalue weighted by atomic mass is 9.85. The number of ether oxygens (including phenoxy) is 1. The number of aromatic nitrogens is 3. The molecule has 4 aromatic carbocycles. The summed E-state index contributed by atoms with van der Waals surface area (Å²) < 4.78 is 7.19. The number of para-hydroxylation sites is 1. The molecule has 2 aliphatic heterocycles. The van der Waals surface area contributed by atoms with Crippen molar-refractivity contribution in [1.82, 2.24) is 30.5 Å². The number of thiazole rings is 2. The van der Waals surface area contributed by atoms with Crippen LogP contribution in [0.1, 0.15) is 108 Å². The van der Waals surface area contributed by atoms with Crippen LogP contribution in [-0.2, 0) is 27.3 Å². The number of carboxylic acid groups (broad SMARTS) is 1. The Labute approximate surface area is 449 Å². The quantitative estimate of drug-likeness (QED) is 0.0539. The number of carbonyl (C=O) groups is 5. The highest BCUT2D eigenvalue weighted by Crippen LogP contribution is 2.36. The number of aliphatic hydroxyl groups is 1. The fraction of sp³-hybridized carbons (Fsp3) is 0.345. The molecule has 2 aliphatic rings. The van der Waals surface area contributed by atoms with Gasteiger partial charge < -0.3 is 35.4 Å². The molecule has 5 heterocycles. The molecule has 5 N–H and O–H groups in total. The minimum absolute atomic E-state index is 0.0286. The number of likely N-dealkylation sites (tertiary alicyclic amines) is 1. The Kier molecular flexibility index (Phi) is 15.9. The number of hydrogen-bond donors (Lipinski definition) is 5. The van der Waals surface area contributed by atoms with Crippen LogP contribution >= 0.6 is 22.7 Å². The zero-order valence-corrected chi connectivity index (χ0v) is 45.0. The number of anilines is 2. The fourth-order valence-corrected chi connectivity index (χ4v) is 11.6. The summed E-state index contributed by atoms with van der Waals surface area (Å²) in [5.41, 5.74) is 8.92. The molecular weight excluding hydrogens is 1000 g/mol. The van der Waals surface area contributed by atoms with Gasteiger partial charge in [-0.05, 0) is 115 Å². The largest absolute Gasteiger partial charge is 0.493 e. The van der Waals surface area contributed by atoms with Crippen molar-refractivity contribution < 1.29 is 38.9 Å². The standard InChI is InChI=1S/C58H62N8O8S2/c1-33-40(41-24-25-48(62-50(41)56(72)73)65-27-26-37-13-11-15-42(43(37)31-65)53(69)64-57-61-44-16-7-8-18-47(44)76-57)14-12-17-46(33)74-28-10-9-19-49(68)63-52(58(4,5)6)55(71)66-30-39(67)29-45(66)54(70)60-34(2)36-20-22-38(23-21-36)51-35(3)59-32-75-51/h7-8,11-18,20-25,32,34,39,45,52,67H,9-10,19,26-31H2,1-6H3,(H,60,70)(H,63,68)(H,72,73)(H,61,64,69)/t34-,39+,45-,52+/m0/s1.